The van der Waals surface area contributed by atoms with Gasteiger partial charge in [0.25, 0.3) is 0 Å². The van der Waals surface area contributed by atoms with Crippen molar-refractivity contribution in [2.75, 3.05) is 23.9 Å². The van der Waals surface area contributed by atoms with E-state index in [0.29, 0.717) is 12.4 Å². The summed E-state index contributed by atoms with van der Waals surface area (Å²) in [7, 11) is -3.27. The average Bonchev–Trinajstić information content (AvgIpc) is 2.66. The van der Waals surface area contributed by atoms with Crippen LogP contribution >= 0.6 is 0 Å². The Morgan fingerprint density at radius 1 is 1.10 bits per heavy atom. The Hall–Kier alpha value is -3.00. The van der Waals surface area contributed by atoms with Crippen LogP contribution in [0.25, 0.3) is 11.3 Å². The molecule has 0 bridgehead atoms. The van der Waals surface area contributed by atoms with E-state index in [1.807, 2.05) is 18.2 Å². The third-order valence-corrected chi connectivity index (χ3v) is 5.75. The highest BCUT2D eigenvalue weighted by Crippen LogP contribution is 2.26. The number of pyridine rings is 1. The van der Waals surface area contributed by atoms with Gasteiger partial charge in [-0.05, 0) is 49.4 Å². The maximum atomic E-state index is 11.5. The fourth-order valence-electron chi connectivity index (χ4n) is 3.01. The SMILES string of the molecule is Cc1cccc(-c2cc(NCCCc3ccc(S(C)(=O)=O)nc3)nc(N)n2)c1C. The Morgan fingerprint density at radius 2 is 1.90 bits per heavy atom. The summed E-state index contributed by atoms with van der Waals surface area (Å²) in [6.45, 7) is 4.83. The highest BCUT2D eigenvalue weighted by atomic mass is 32.2. The first-order valence-electron chi connectivity index (χ1n) is 9.34. The first-order valence-corrected chi connectivity index (χ1v) is 11.2. The highest BCUT2D eigenvalue weighted by molar-refractivity contribution is 7.90. The Labute approximate surface area is 171 Å². The minimum Gasteiger partial charge on any atom is -0.370 e. The van der Waals surface area contributed by atoms with Gasteiger partial charge >= 0.3 is 0 Å². The molecule has 3 aromatic rings. The number of nitrogens with one attached hydrogen (secondary N) is 1. The molecule has 29 heavy (non-hydrogen) atoms. The van der Waals surface area contributed by atoms with Crippen LogP contribution in [0.4, 0.5) is 11.8 Å². The fourth-order valence-corrected chi connectivity index (χ4v) is 3.57. The number of nitrogens with zero attached hydrogens (tertiary/aromatic N) is 3. The number of anilines is 2. The maximum absolute atomic E-state index is 11.5. The van der Waals surface area contributed by atoms with Crippen LogP contribution in [0, 0.1) is 13.8 Å². The van der Waals surface area contributed by atoms with Crippen molar-refractivity contribution in [2.24, 2.45) is 0 Å². The minimum absolute atomic E-state index is 0.0924. The van der Waals surface area contributed by atoms with Gasteiger partial charge in [0.15, 0.2) is 14.9 Å². The van der Waals surface area contributed by atoms with Crippen LogP contribution in [0.15, 0.2) is 47.6 Å². The molecule has 0 spiro atoms. The van der Waals surface area contributed by atoms with E-state index in [2.05, 4.69) is 40.2 Å². The van der Waals surface area contributed by atoms with Crippen molar-refractivity contribution >= 4 is 21.6 Å². The monoisotopic (exact) mass is 411 g/mol. The van der Waals surface area contributed by atoms with Gasteiger partial charge in [-0.2, -0.15) is 4.98 Å². The molecule has 2 heterocycles. The van der Waals surface area contributed by atoms with Gasteiger partial charge in [-0.1, -0.05) is 24.3 Å². The van der Waals surface area contributed by atoms with Crippen molar-refractivity contribution in [3.63, 3.8) is 0 Å². The summed E-state index contributed by atoms with van der Waals surface area (Å²) in [4.78, 5) is 12.7. The molecule has 1 aromatic carbocycles. The molecule has 2 aromatic heterocycles. The first-order chi connectivity index (χ1) is 13.7. The molecule has 0 aliphatic rings. The number of aromatic nitrogens is 3. The normalized spacial score (nSPS) is 11.4. The number of hydrogen-bond donors (Lipinski definition) is 2. The summed E-state index contributed by atoms with van der Waals surface area (Å²) in [5, 5.41) is 3.38. The summed E-state index contributed by atoms with van der Waals surface area (Å²) in [5.74, 6) is 0.908. The molecular weight excluding hydrogens is 386 g/mol. The summed E-state index contributed by atoms with van der Waals surface area (Å²) in [5.41, 5.74) is 11.1. The van der Waals surface area contributed by atoms with Gasteiger partial charge in [0.05, 0.1) is 5.69 Å². The van der Waals surface area contributed by atoms with Gasteiger partial charge in [-0.15, -0.1) is 0 Å². The van der Waals surface area contributed by atoms with Crippen LogP contribution in [0.1, 0.15) is 23.1 Å². The number of nitrogens with two attached hydrogens (primary N) is 1. The van der Waals surface area contributed by atoms with E-state index in [1.54, 1.807) is 18.3 Å². The van der Waals surface area contributed by atoms with E-state index in [4.69, 9.17) is 5.73 Å². The largest absolute Gasteiger partial charge is 0.370 e. The lowest BCUT2D eigenvalue weighted by Crippen LogP contribution is -2.08. The molecule has 0 amide bonds. The maximum Gasteiger partial charge on any atom is 0.222 e. The zero-order chi connectivity index (χ0) is 21.0. The number of benzene rings is 1. The number of sulfone groups is 1. The summed E-state index contributed by atoms with van der Waals surface area (Å²) in [6, 6.07) is 11.3. The average molecular weight is 412 g/mol. The molecule has 0 fully saturated rings. The molecule has 0 unspecified atom stereocenters. The number of rotatable bonds is 7. The molecule has 152 valence electrons. The molecule has 3 N–H and O–H groups in total. The van der Waals surface area contributed by atoms with Gasteiger partial charge in [-0.3, -0.25) is 0 Å². The van der Waals surface area contributed by atoms with Crippen LogP contribution in [0.2, 0.25) is 0 Å². The molecule has 0 aliphatic carbocycles. The smallest absolute Gasteiger partial charge is 0.222 e. The van der Waals surface area contributed by atoms with Crippen LogP contribution in [-0.2, 0) is 16.3 Å². The molecule has 3 rings (SSSR count). The number of hydrogen-bond acceptors (Lipinski definition) is 7. The van der Waals surface area contributed by atoms with Gasteiger partial charge < -0.3 is 11.1 Å². The second kappa shape index (κ2) is 8.57. The lowest BCUT2D eigenvalue weighted by molar-refractivity contribution is 0.598. The molecule has 0 radical (unpaired) electrons. The van der Waals surface area contributed by atoms with Crippen LogP contribution in [0.3, 0.4) is 0 Å². The van der Waals surface area contributed by atoms with Crippen LogP contribution < -0.4 is 11.1 Å². The third-order valence-electron chi connectivity index (χ3n) is 4.75. The molecule has 0 atom stereocenters. The predicted molar refractivity (Wildman–Crippen MR) is 116 cm³/mol. The Kier molecular flexibility index (Phi) is 6.12. The Balaban J connectivity index is 1.63. The van der Waals surface area contributed by atoms with Crippen molar-refractivity contribution in [3.05, 3.63) is 59.3 Å². The van der Waals surface area contributed by atoms with E-state index in [1.165, 1.54) is 11.1 Å². The topological polar surface area (TPSA) is 111 Å². The molecule has 0 saturated carbocycles. The molecular formula is C21H25N5O2S. The number of aryl methyl sites for hydroxylation is 2. The first kappa shape index (κ1) is 20.7. The van der Waals surface area contributed by atoms with E-state index >= 15 is 0 Å². The Morgan fingerprint density at radius 3 is 2.59 bits per heavy atom. The van der Waals surface area contributed by atoms with Gasteiger partial charge in [0.2, 0.25) is 5.95 Å². The Bertz CT molecular complexity index is 1110. The predicted octanol–water partition coefficient (Wildman–Crippen LogP) is 3.19. The van der Waals surface area contributed by atoms with Crippen LogP contribution in [0.5, 0.6) is 0 Å². The standard InChI is InChI=1S/C21H25N5O2S/c1-14-6-4-8-17(15(14)2)18-12-19(26-21(22)25-18)23-11-5-7-16-9-10-20(24-13-16)29(3,27)28/h4,6,8-10,12-13H,5,7,11H2,1-3H3,(H3,22,23,25,26). The van der Waals surface area contributed by atoms with E-state index < -0.39 is 9.84 Å². The lowest BCUT2D eigenvalue weighted by Gasteiger charge is -2.11. The zero-order valence-electron chi connectivity index (χ0n) is 16.8. The number of nitrogen functional groups attached to an aromatic ring is 1. The second-order valence-corrected chi connectivity index (χ2v) is 9.01. The van der Waals surface area contributed by atoms with Gasteiger partial charge in [0, 0.05) is 30.6 Å². The van der Waals surface area contributed by atoms with E-state index in [9.17, 15) is 8.42 Å². The van der Waals surface area contributed by atoms with Crippen molar-refractivity contribution in [2.45, 2.75) is 31.7 Å². The van der Waals surface area contributed by atoms with Crippen molar-refractivity contribution in [1.29, 1.82) is 0 Å². The minimum atomic E-state index is -3.27. The van der Waals surface area contributed by atoms with Gasteiger partial charge in [-0.25, -0.2) is 18.4 Å². The van der Waals surface area contributed by atoms with Gasteiger partial charge in [0.1, 0.15) is 5.82 Å². The second-order valence-electron chi connectivity index (χ2n) is 7.05. The van der Waals surface area contributed by atoms with E-state index in [-0.39, 0.29) is 11.0 Å². The highest BCUT2D eigenvalue weighted by Gasteiger charge is 2.10. The summed E-state index contributed by atoms with van der Waals surface area (Å²) in [6.07, 6.45) is 4.37. The fraction of sp³-hybridized carbons (Fsp3) is 0.286. The quantitative estimate of drug-likeness (QED) is 0.574. The molecule has 0 saturated heterocycles. The molecule has 7 nitrogen and oxygen atoms in total. The van der Waals surface area contributed by atoms with Crippen molar-refractivity contribution in [3.8, 4) is 11.3 Å². The summed E-state index contributed by atoms with van der Waals surface area (Å²) < 4.78 is 22.9. The molecule has 0 aliphatic heterocycles. The lowest BCUT2D eigenvalue weighted by atomic mass is 10.0. The third kappa shape index (κ3) is 5.29. The zero-order valence-corrected chi connectivity index (χ0v) is 17.6. The van der Waals surface area contributed by atoms with Crippen molar-refractivity contribution in [1.82, 2.24) is 15.0 Å². The van der Waals surface area contributed by atoms with E-state index in [0.717, 1.165) is 35.9 Å². The van der Waals surface area contributed by atoms with Crippen molar-refractivity contribution < 1.29 is 8.42 Å². The van der Waals surface area contributed by atoms with Crippen LogP contribution in [-0.4, -0.2) is 36.2 Å². The summed E-state index contributed by atoms with van der Waals surface area (Å²) >= 11 is 0. The molecule has 8 heteroatoms.